The monoisotopic (exact) mass is 320 g/mol. The molecule has 1 atom stereocenters. The third-order valence-corrected chi connectivity index (χ3v) is 4.90. The van der Waals surface area contributed by atoms with Crippen LogP contribution in [0, 0.1) is 11.6 Å². The average Bonchev–Trinajstić information content (AvgIpc) is 2.31. The van der Waals surface area contributed by atoms with Gasteiger partial charge in [0.2, 0.25) is 10.0 Å². The maximum Gasteiger partial charge on any atom is 0.243 e. The van der Waals surface area contributed by atoms with Crippen molar-refractivity contribution in [2.75, 3.05) is 12.3 Å². The van der Waals surface area contributed by atoms with Crippen molar-refractivity contribution < 1.29 is 21.9 Å². The van der Waals surface area contributed by atoms with E-state index < -0.39 is 37.8 Å². The van der Waals surface area contributed by atoms with Gasteiger partial charge >= 0.3 is 0 Å². The predicted molar refractivity (Wildman–Crippen MR) is 74.1 cm³/mol. The Labute approximate surface area is 122 Å². The van der Waals surface area contributed by atoms with E-state index in [-0.39, 0.29) is 6.04 Å². The highest BCUT2D eigenvalue weighted by Crippen LogP contribution is 2.26. The molecule has 1 aliphatic heterocycles. The molecule has 2 rings (SSSR count). The smallest absolute Gasteiger partial charge is 0.243 e. The molecule has 118 valence electrons. The number of rotatable bonds is 3. The van der Waals surface area contributed by atoms with Gasteiger partial charge in [0.1, 0.15) is 16.5 Å². The molecule has 0 saturated carbocycles. The van der Waals surface area contributed by atoms with Crippen LogP contribution in [0.2, 0.25) is 0 Å². The van der Waals surface area contributed by atoms with Crippen LogP contribution in [0.1, 0.15) is 26.7 Å². The minimum Gasteiger partial charge on any atom is -0.396 e. The number of hydrogen-bond acceptors (Lipinski definition) is 4. The summed E-state index contributed by atoms with van der Waals surface area (Å²) in [5.74, 6) is -2.15. The lowest BCUT2D eigenvalue weighted by molar-refractivity contribution is -0.0599. The van der Waals surface area contributed by atoms with Crippen molar-refractivity contribution in [3.05, 3.63) is 23.8 Å². The van der Waals surface area contributed by atoms with Crippen LogP contribution in [0.5, 0.6) is 0 Å². The lowest BCUT2D eigenvalue weighted by Crippen LogP contribution is -2.45. The van der Waals surface area contributed by atoms with E-state index in [4.69, 9.17) is 10.5 Å². The van der Waals surface area contributed by atoms with Crippen LogP contribution in [-0.2, 0) is 14.8 Å². The van der Waals surface area contributed by atoms with Crippen LogP contribution in [-0.4, -0.2) is 26.7 Å². The summed E-state index contributed by atoms with van der Waals surface area (Å²) in [6.45, 7) is 4.11. The quantitative estimate of drug-likeness (QED) is 0.832. The zero-order chi connectivity index (χ0) is 15.8. The number of hydrogen-bond donors (Lipinski definition) is 2. The van der Waals surface area contributed by atoms with E-state index in [1.807, 2.05) is 13.8 Å². The van der Waals surface area contributed by atoms with E-state index in [9.17, 15) is 17.2 Å². The van der Waals surface area contributed by atoms with Crippen molar-refractivity contribution in [1.82, 2.24) is 4.72 Å². The Hall–Kier alpha value is -1.25. The molecular formula is C13H18F2N2O3S. The molecule has 1 saturated heterocycles. The van der Waals surface area contributed by atoms with Gasteiger partial charge in [-0.25, -0.2) is 21.9 Å². The zero-order valence-corrected chi connectivity index (χ0v) is 12.6. The first-order chi connectivity index (χ1) is 9.61. The summed E-state index contributed by atoms with van der Waals surface area (Å²) in [5.41, 5.74) is 4.44. The lowest BCUT2D eigenvalue weighted by atomic mass is 9.95. The van der Waals surface area contributed by atoms with E-state index >= 15 is 0 Å². The Morgan fingerprint density at radius 1 is 1.33 bits per heavy atom. The standard InChI is InChI=1S/C13H18F2N2O3S/c1-13(2)7-8(3-4-20-13)17-21(18,19)12-6-11(16)9(14)5-10(12)15/h5-6,8,17H,3-4,7,16H2,1-2H3. The van der Waals surface area contributed by atoms with Crippen LogP contribution in [0.15, 0.2) is 17.0 Å². The summed E-state index contributed by atoms with van der Waals surface area (Å²) in [5, 5.41) is 0. The Bertz CT molecular complexity index is 647. The average molecular weight is 320 g/mol. The fourth-order valence-corrected chi connectivity index (χ4v) is 3.73. The van der Waals surface area contributed by atoms with Crippen molar-refractivity contribution in [2.24, 2.45) is 0 Å². The van der Waals surface area contributed by atoms with Gasteiger partial charge in [-0.05, 0) is 32.8 Å². The molecule has 21 heavy (non-hydrogen) atoms. The first-order valence-electron chi connectivity index (χ1n) is 6.51. The normalized spacial score (nSPS) is 22.2. The summed E-state index contributed by atoms with van der Waals surface area (Å²) in [7, 11) is -4.11. The highest BCUT2D eigenvalue weighted by molar-refractivity contribution is 7.89. The number of nitrogens with two attached hydrogens (primary N) is 1. The Kier molecular flexibility index (Phi) is 4.23. The largest absolute Gasteiger partial charge is 0.396 e. The van der Waals surface area contributed by atoms with Gasteiger partial charge in [0.15, 0.2) is 0 Å². The number of nitrogens with one attached hydrogen (secondary N) is 1. The SMILES string of the molecule is CC1(C)CC(NS(=O)(=O)c2cc(N)c(F)cc2F)CCO1. The molecule has 1 fully saturated rings. The van der Waals surface area contributed by atoms with Gasteiger partial charge in [-0.15, -0.1) is 0 Å². The van der Waals surface area contributed by atoms with Crippen molar-refractivity contribution in [3.63, 3.8) is 0 Å². The fraction of sp³-hybridized carbons (Fsp3) is 0.538. The minimum absolute atomic E-state index is 0.371. The van der Waals surface area contributed by atoms with Crippen molar-refractivity contribution in [1.29, 1.82) is 0 Å². The first-order valence-corrected chi connectivity index (χ1v) is 8.00. The van der Waals surface area contributed by atoms with Gasteiger partial charge in [-0.2, -0.15) is 0 Å². The van der Waals surface area contributed by atoms with E-state index in [2.05, 4.69) is 4.72 Å². The summed E-state index contributed by atoms with van der Waals surface area (Å²) >= 11 is 0. The molecule has 0 radical (unpaired) electrons. The molecular weight excluding hydrogens is 302 g/mol. The summed E-state index contributed by atoms with van der Waals surface area (Å²) in [6, 6.07) is 0.888. The van der Waals surface area contributed by atoms with Crippen LogP contribution in [0.25, 0.3) is 0 Å². The number of ether oxygens (including phenoxy) is 1. The highest BCUT2D eigenvalue weighted by Gasteiger charge is 2.32. The molecule has 1 heterocycles. The first kappa shape index (κ1) is 16.1. The Morgan fingerprint density at radius 2 is 2.00 bits per heavy atom. The lowest BCUT2D eigenvalue weighted by Gasteiger charge is -2.35. The van der Waals surface area contributed by atoms with Crippen molar-refractivity contribution in [2.45, 2.75) is 43.2 Å². The molecule has 1 aromatic rings. The Morgan fingerprint density at radius 3 is 2.62 bits per heavy atom. The Balaban J connectivity index is 2.25. The third kappa shape index (κ3) is 3.69. The second-order valence-corrected chi connectivity index (χ2v) is 7.41. The number of anilines is 1. The topological polar surface area (TPSA) is 81.4 Å². The summed E-state index contributed by atoms with van der Waals surface area (Å²) in [4.78, 5) is -0.648. The van der Waals surface area contributed by atoms with E-state index in [1.165, 1.54) is 0 Å². The molecule has 5 nitrogen and oxygen atoms in total. The molecule has 8 heteroatoms. The molecule has 0 spiro atoms. The molecule has 0 amide bonds. The van der Waals surface area contributed by atoms with Crippen molar-refractivity contribution >= 4 is 15.7 Å². The fourth-order valence-electron chi connectivity index (χ4n) is 2.37. The molecule has 1 aromatic carbocycles. The number of sulfonamides is 1. The molecule has 0 aromatic heterocycles. The maximum absolute atomic E-state index is 13.7. The van der Waals surface area contributed by atoms with E-state index in [0.717, 1.165) is 6.07 Å². The number of benzene rings is 1. The van der Waals surface area contributed by atoms with Gasteiger partial charge < -0.3 is 10.5 Å². The van der Waals surface area contributed by atoms with Crippen LogP contribution in [0.3, 0.4) is 0 Å². The van der Waals surface area contributed by atoms with E-state index in [1.54, 1.807) is 0 Å². The van der Waals surface area contributed by atoms with Crippen LogP contribution >= 0.6 is 0 Å². The minimum atomic E-state index is -4.11. The number of nitrogen functional groups attached to an aromatic ring is 1. The van der Waals surface area contributed by atoms with Gasteiger partial charge in [0.05, 0.1) is 11.3 Å². The molecule has 0 bridgehead atoms. The summed E-state index contributed by atoms with van der Waals surface area (Å²) in [6.07, 6.45) is 0.950. The maximum atomic E-state index is 13.7. The zero-order valence-electron chi connectivity index (χ0n) is 11.8. The molecule has 3 N–H and O–H groups in total. The van der Waals surface area contributed by atoms with Crippen LogP contribution < -0.4 is 10.5 Å². The second-order valence-electron chi connectivity index (χ2n) is 5.72. The van der Waals surface area contributed by atoms with Gasteiger partial charge in [-0.1, -0.05) is 0 Å². The molecule has 1 aliphatic rings. The van der Waals surface area contributed by atoms with Gasteiger partial charge in [-0.3, -0.25) is 0 Å². The predicted octanol–water partition coefficient (Wildman–Crippen LogP) is 1.78. The molecule has 0 aliphatic carbocycles. The number of halogens is 2. The van der Waals surface area contributed by atoms with Crippen molar-refractivity contribution in [3.8, 4) is 0 Å². The second kappa shape index (κ2) is 5.51. The van der Waals surface area contributed by atoms with Gasteiger partial charge in [0.25, 0.3) is 0 Å². The van der Waals surface area contributed by atoms with Crippen LogP contribution in [0.4, 0.5) is 14.5 Å². The van der Waals surface area contributed by atoms with E-state index in [0.29, 0.717) is 25.5 Å². The highest BCUT2D eigenvalue weighted by atomic mass is 32.2. The third-order valence-electron chi connectivity index (χ3n) is 3.36. The summed E-state index contributed by atoms with van der Waals surface area (Å²) < 4.78 is 59.2. The van der Waals surface area contributed by atoms with Gasteiger partial charge in [0, 0.05) is 18.7 Å². The molecule has 1 unspecified atom stereocenters.